The lowest BCUT2D eigenvalue weighted by Crippen LogP contribution is -2.23. The maximum Gasteiger partial charge on any atom is 0.286 e. The predicted octanol–water partition coefficient (Wildman–Crippen LogP) is 2.77. The minimum absolute atomic E-state index is 0.184. The van der Waals surface area contributed by atoms with Crippen molar-refractivity contribution < 1.29 is 14.3 Å². The van der Waals surface area contributed by atoms with E-state index in [-0.39, 0.29) is 5.91 Å². The summed E-state index contributed by atoms with van der Waals surface area (Å²) in [7, 11) is 3.19. The monoisotopic (exact) mass is 318 g/mol. The Bertz CT molecular complexity index is 649. The van der Waals surface area contributed by atoms with Gasteiger partial charge < -0.3 is 14.4 Å². The van der Waals surface area contributed by atoms with Crippen LogP contribution in [-0.2, 0) is 4.79 Å². The van der Waals surface area contributed by atoms with Crippen LogP contribution < -0.4 is 9.47 Å². The number of ether oxygens (including phenoxy) is 2. The number of aliphatic imine (C=N–C) groups is 1. The summed E-state index contributed by atoms with van der Waals surface area (Å²) in [5, 5.41) is 0.815. The number of rotatable bonds is 3. The van der Waals surface area contributed by atoms with Crippen LogP contribution in [0.5, 0.6) is 11.5 Å². The van der Waals surface area contributed by atoms with E-state index in [1.165, 1.54) is 11.8 Å². The first-order chi connectivity index (χ1) is 10.7. The van der Waals surface area contributed by atoms with E-state index in [4.69, 9.17) is 9.47 Å². The fourth-order valence-corrected chi connectivity index (χ4v) is 3.56. The highest BCUT2D eigenvalue weighted by molar-refractivity contribution is 8.18. The molecule has 2 aliphatic rings. The Morgan fingerprint density at radius 3 is 2.68 bits per heavy atom. The summed E-state index contributed by atoms with van der Waals surface area (Å²) in [6.07, 6.45) is 4.15. The highest BCUT2D eigenvalue weighted by Crippen LogP contribution is 2.36. The standard InChI is InChI=1S/C16H18N2O3S/c1-20-12-7-5-6-11(14(12)21-2)10-13-15(19)17-16(22-13)18-8-3-4-9-18/h5-7,10H,3-4,8-9H2,1-2H3/b13-10-. The van der Waals surface area contributed by atoms with Gasteiger partial charge in [-0.15, -0.1) is 0 Å². The molecule has 3 rings (SSSR count). The number of methoxy groups -OCH3 is 2. The predicted molar refractivity (Wildman–Crippen MR) is 88.4 cm³/mol. The molecule has 0 aliphatic carbocycles. The molecule has 6 heteroatoms. The van der Waals surface area contributed by atoms with Crippen molar-refractivity contribution in [2.45, 2.75) is 12.8 Å². The van der Waals surface area contributed by atoms with Crippen LogP contribution in [0.15, 0.2) is 28.1 Å². The molecule has 1 aromatic rings. The number of hydrogen-bond acceptors (Lipinski definition) is 5. The van der Waals surface area contributed by atoms with E-state index in [0.29, 0.717) is 16.4 Å². The van der Waals surface area contributed by atoms with Crippen molar-refractivity contribution in [1.29, 1.82) is 0 Å². The first-order valence-corrected chi connectivity index (χ1v) is 8.03. The van der Waals surface area contributed by atoms with Crippen LogP contribution in [0.1, 0.15) is 18.4 Å². The Labute approximate surface area is 134 Å². The van der Waals surface area contributed by atoms with Gasteiger partial charge in [-0.3, -0.25) is 4.79 Å². The minimum Gasteiger partial charge on any atom is -0.493 e. The lowest BCUT2D eigenvalue weighted by molar-refractivity contribution is -0.113. The molecule has 0 spiro atoms. The molecule has 5 nitrogen and oxygen atoms in total. The Balaban J connectivity index is 1.86. The maximum atomic E-state index is 12.1. The molecule has 0 unspecified atom stereocenters. The normalized spacial score (nSPS) is 19.7. The van der Waals surface area contributed by atoms with Gasteiger partial charge in [0.05, 0.1) is 19.1 Å². The van der Waals surface area contributed by atoms with Gasteiger partial charge in [-0.2, -0.15) is 4.99 Å². The third-order valence-corrected chi connectivity index (χ3v) is 4.75. The largest absolute Gasteiger partial charge is 0.493 e. The third-order valence-electron chi connectivity index (χ3n) is 3.71. The number of carbonyl (C=O) groups excluding carboxylic acids is 1. The Hall–Kier alpha value is -1.95. The molecule has 0 radical (unpaired) electrons. The van der Waals surface area contributed by atoms with Gasteiger partial charge in [0.1, 0.15) is 0 Å². The number of para-hydroxylation sites is 1. The quantitative estimate of drug-likeness (QED) is 0.802. The van der Waals surface area contributed by atoms with Crippen LogP contribution in [0.3, 0.4) is 0 Å². The summed E-state index contributed by atoms with van der Waals surface area (Å²) in [6.45, 7) is 1.96. The summed E-state index contributed by atoms with van der Waals surface area (Å²) in [6, 6.07) is 5.60. The molecule has 1 saturated heterocycles. The van der Waals surface area contributed by atoms with Crippen molar-refractivity contribution in [3.63, 3.8) is 0 Å². The van der Waals surface area contributed by atoms with Gasteiger partial charge >= 0.3 is 0 Å². The number of amidine groups is 1. The second-order valence-corrected chi connectivity index (χ2v) is 6.10. The number of thioether (sulfide) groups is 1. The second-order valence-electron chi connectivity index (χ2n) is 5.09. The number of benzene rings is 1. The van der Waals surface area contributed by atoms with Crippen LogP contribution in [-0.4, -0.2) is 43.3 Å². The van der Waals surface area contributed by atoms with E-state index in [1.54, 1.807) is 14.2 Å². The zero-order chi connectivity index (χ0) is 15.5. The summed E-state index contributed by atoms with van der Waals surface area (Å²) in [5.41, 5.74) is 0.815. The van der Waals surface area contributed by atoms with Crippen LogP contribution in [0, 0.1) is 0 Å². The van der Waals surface area contributed by atoms with Crippen molar-refractivity contribution in [2.75, 3.05) is 27.3 Å². The highest BCUT2D eigenvalue weighted by atomic mass is 32.2. The first-order valence-electron chi connectivity index (χ1n) is 7.21. The first kappa shape index (κ1) is 15.0. The molecule has 1 aromatic carbocycles. The number of amides is 1. The lowest BCUT2D eigenvalue weighted by atomic mass is 10.1. The van der Waals surface area contributed by atoms with E-state index in [0.717, 1.165) is 36.7 Å². The number of nitrogens with zero attached hydrogens (tertiary/aromatic N) is 2. The molecule has 1 fully saturated rings. The maximum absolute atomic E-state index is 12.1. The van der Waals surface area contributed by atoms with Gasteiger partial charge in [0, 0.05) is 18.7 Å². The van der Waals surface area contributed by atoms with E-state index in [1.807, 2.05) is 24.3 Å². The van der Waals surface area contributed by atoms with Crippen molar-refractivity contribution in [3.8, 4) is 11.5 Å². The molecular weight excluding hydrogens is 300 g/mol. The smallest absolute Gasteiger partial charge is 0.286 e. The molecule has 0 aromatic heterocycles. The summed E-state index contributed by atoms with van der Waals surface area (Å²) in [4.78, 5) is 19.1. The molecule has 0 bridgehead atoms. The molecule has 0 saturated carbocycles. The SMILES string of the molecule is COc1cccc(/C=C2\SC(N3CCCC3)=NC2=O)c1OC. The fourth-order valence-electron chi connectivity index (χ4n) is 2.61. The van der Waals surface area contributed by atoms with Gasteiger partial charge in [-0.1, -0.05) is 12.1 Å². The summed E-state index contributed by atoms with van der Waals surface area (Å²) >= 11 is 1.43. The second kappa shape index (κ2) is 6.44. The van der Waals surface area contributed by atoms with Crippen LogP contribution in [0.2, 0.25) is 0 Å². The Morgan fingerprint density at radius 1 is 1.23 bits per heavy atom. The van der Waals surface area contributed by atoms with Gasteiger partial charge in [0.2, 0.25) is 0 Å². The van der Waals surface area contributed by atoms with E-state index >= 15 is 0 Å². The molecule has 0 N–H and O–H groups in total. The molecule has 22 heavy (non-hydrogen) atoms. The number of carbonyl (C=O) groups is 1. The molecule has 0 atom stereocenters. The summed E-state index contributed by atoms with van der Waals surface area (Å²) < 4.78 is 10.7. The fraction of sp³-hybridized carbons (Fsp3) is 0.375. The topological polar surface area (TPSA) is 51.1 Å². The molecule has 1 amide bonds. The van der Waals surface area contributed by atoms with Crippen molar-refractivity contribution >= 4 is 28.9 Å². The minimum atomic E-state index is -0.184. The molecule has 2 aliphatic heterocycles. The van der Waals surface area contributed by atoms with Gasteiger partial charge in [-0.25, -0.2) is 0 Å². The van der Waals surface area contributed by atoms with Gasteiger partial charge in [-0.05, 0) is 36.7 Å². The van der Waals surface area contributed by atoms with Gasteiger partial charge in [0.25, 0.3) is 5.91 Å². The Kier molecular flexibility index (Phi) is 4.38. The van der Waals surface area contributed by atoms with Gasteiger partial charge in [0.15, 0.2) is 16.7 Å². The van der Waals surface area contributed by atoms with Crippen LogP contribution in [0.4, 0.5) is 0 Å². The van der Waals surface area contributed by atoms with E-state index in [9.17, 15) is 4.79 Å². The highest BCUT2D eigenvalue weighted by Gasteiger charge is 2.28. The zero-order valence-electron chi connectivity index (χ0n) is 12.7. The van der Waals surface area contributed by atoms with Crippen LogP contribution in [0.25, 0.3) is 6.08 Å². The van der Waals surface area contributed by atoms with Crippen LogP contribution >= 0.6 is 11.8 Å². The lowest BCUT2D eigenvalue weighted by Gasteiger charge is -2.14. The zero-order valence-corrected chi connectivity index (χ0v) is 13.5. The number of hydrogen-bond donors (Lipinski definition) is 0. The average molecular weight is 318 g/mol. The number of likely N-dealkylation sites (tertiary alicyclic amines) is 1. The van der Waals surface area contributed by atoms with Crippen molar-refractivity contribution in [3.05, 3.63) is 28.7 Å². The van der Waals surface area contributed by atoms with Crippen molar-refractivity contribution in [1.82, 2.24) is 4.90 Å². The molecular formula is C16H18N2O3S. The Morgan fingerprint density at radius 2 is 2.00 bits per heavy atom. The molecule has 116 valence electrons. The third kappa shape index (κ3) is 2.83. The summed E-state index contributed by atoms with van der Waals surface area (Å²) in [5.74, 6) is 1.09. The average Bonchev–Trinajstić information content (AvgIpc) is 3.17. The van der Waals surface area contributed by atoms with E-state index < -0.39 is 0 Å². The molecule has 2 heterocycles. The van der Waals surface area contributed by atoms with E-state index in [2.05, 4.69) is 9.89 Å². The van der Waals surface area contributed by atoms with Crippen molar-refractivity contribution in [2.24, 2.45) is 4.99 Å².